The Morgan fingerprint density at radius 3 is 2.45 bits per heavy atom. The maximum atomic E-state index is 10.2. The van der Waals surface area contributed by atoms with E-state index in [4.69, 9.17) is 4.74 Å². The third-order valence-corrected chi connectivity index (χ3v) is 3.54. The van der Waals surface area contributed by atoms with Crippen molar-refractivity contribution in [2.24, 2.45) is 0 Å². The van der Waals surface area contributed by atoms with E-state index in [0.717, 1.165) is 25.1 Å². The van der Waals surface area contributed by atoms with Crippen molar-refractivity contribution >= 4 is 0 Å². The first-order valence-electron chi connectivity index (χ1n) is 7.64. The molecule has 114 valence electrons. The van der Waals surface area contributed by atoms with Crippen LogP contribution in [0, 0.1) is 0 Å². The second-order valence-corrected chi connectivity index (χ2v) is 5.84. The van der Waals surface area contributed by atoms with Crippen molar-refractivity contribution in [2.45, 2.75) is 52.1 Å². The Balaban J connectivity index is 2.44. The molecule has 0 saturated heterocycles. The van der Waals surface area contributed by atoms with Crippen molar-refractivity contribution in [3.63, 3.8) is 0 Å². The standard InChI is InChI=1S/C17H29NO2/c1-5-11-18-12-17(4,19)13-20-16-9-7-15(8-10-16)14(3)6-2/h7-10,14,18-19H,5-6,11-13H2,1-4H3. The molecule has 2 N–H and O–H groups in total. The number of ether oxygens (including phenoxy) is 1. The van der Waals surface area contributed by atoms with Crippen molar-refractivity contribution in [3.8, 4) is 5.75 Å². The van der Waals surface area contributed by atoms with Crippen LogP contribution in [0.5, 0.6) is 5.75 Å². The van der Waals surface area contributed by atoms with Gasteiger partial charge in [0.25, 0.3) is 0 Å². The summed E-state index contributed by atoms with van der Waals surface area (Å²) in [5, 5.41) is 13.4. The molecule has 0 radical (unpaired) electrons. The summed E-state index contributed by atoms with van der Waals surface area (Å²) >= 11 is 0. The van der Waals surface area contributed by atoms with Crippen molar-refractivity contribution in [2.75, 3.05) is 19.7 Å². The molecular weight excluding hydrogens is 250 g/mol. The zero-order chi connectivity index (χ0) is 15.0. The molecule has 1 aromatic carbocycles. The van der Waals surface area contributed by atoms with Crippen LogP contribution < -0.4 is 10.1 Å². The van der Waals surface area contributed by atoms with E-state index in [9.17, 15) is 5.11 Å². The van der Waals surface area contributed by atoms with Gasteiger partial charge >= 0.3 is 0 Å². The molecule has 2 unspecified atom stereocenters. The van der Waals surface area contributed by atoms with Gasteiger partial charge < -0.3 is 15.2 Å². The van der Waals surface area contributed by atoms with Gasteiger partial charge in [-0.05, 0) is 49.9 Å². The Hall–Kier alpha value is -1.06. The first kappa shape index (κ1) is 17.0. The summed E-state index contributed by atoms with van der Waals surface area (Å²) in [5.41, 5.74) is 0.487. The molecule has 0 aliphatic carbocycles. The maximum Gasteiger partial charge on any atom is 0.119 e. The van der Waals surface area contributed by atoms with Gasteiger partial charge in [-0.3, -0.25) is 0 Å². The van der Waals surface area contributed by atoms with E-state index in [0.29, 0.717) is 19.1 Å². The Morgan fingerprint density at radius 1 is 1.25 bits per heavy atom. The van der Waals surface area contributed by atoms with Crippen molar-refractivity contribution in [3.05, 3.63) is 29.8 Å². The maximum absolute atomic E-state index is 10.2. The molecule has 0 fully saturated rings. The van der Waals surface area contributed by atoms with Gasteiger partial charge in [0.2, 0.25) is 0 Å². The van der Waals surface area contributed by atoms with Gasteiger partial charge in [0.05, 0.1) is 0 Å². The fourth-order valence-corrected chi connectivity index (χ4v) is 1.95. The van der Waals surface area contributed by atoms with E-state index in [-0.39, 0.29) is 0 Å². The molecule has 0 amide bonds. The summed E-state index contributed by atoms with van der Waals surface area (Å²) < 4.78 is 5.68. The van der Waals surface area contributed by atoms with Crippen LogP contribution in [-0.2, 0) is 0 Å². The Morgan fingerprint density at radius 2 is 1.90 bits per heavy atom. The van der Waals surface area contributed by atoms with Crippen LogP contribution in [0.15, 0.2) is 24.3 Å². The van der Waals surface area contributed by atoms with E-state index >= 15 is 0 Å². The molecule has 3 nitrogen and oxygen atoms in total. The van der Waals surface area contributed by atoms with Gasteiger partial charge in [0.1, 0.15) is 18.0 Å². The number of hydrogen-bond acceptors (Lipinski definition) is 3. The van der Waals surface area contributed by atoms with Gasteiger partial charge in [-0.1, -0.05) is 32.9 Å². The van der Waals surface area contributed by atoms with Crippen LogP contribution in [0.25, 0.3) is 0 Å². The lowest BCUT2D eigenvalue weighted by Gasteiger charge is -2.24. The molecule has 20 heavy (non-hydrogen) atoms. The number of hydrogen-bond donors (Lipinski definition) is 2. The highest BCUT2D eigenvalue weighted by Gasteiger charge is 2.20. The molecule has 0 saturated carbocycles. The Labute approximate surface area is 123 Å². The molecule has 1 aromatic rings. The van der Waals surface area contributed by atoms with Crippen LogP contribution in [-0.4, -0.2) is 30.4 Å². The Bertz CT molecular complexity index is 373. The van der Waals surface area contributed by atoms with Crippen molar-refractivity contribution in [1.82, 2.24) is 5.32 Å². The fourth-order valence-electron chi connectivity index (χ4n) is 1.95. The fraction of sp³-hybridized carbons (Fsp3) is 0.647. The topological polar surface area (TPSA) is 41.5 Å². The predicted octanol–water partition coefficient (Wildman–Crippen LogP) is 3.33. The second-order valence-electron chi connectivity index (χ2n) is 5.84. The minimum atomic E-state index is -0.843. The molecule has 0 spiro atoms. The molecule has 0 aromatic heterocycles. The third-order valence-electron chi connectivity index (χ3n) is 3.54. The molecule has 0 aliphatic heterocycles. The number of aliphatic hydroxyl groups is 1. The predicted molar refractivity (Wildman–Crippen MR) is 84.4 cm³/mol. The van der Waals surface area contributed by atoms with Crippen LogP contribution in [0.3, 0.4) is 0 Å². The van der Waals surface area contributed by atoms with Crippen LogP contribution in [0.1, 0.15) is 52.0 Å². The van der Waals surface area contributed by atoms with Gasteiger partial charge in [-0.25, -0.2) is 0 Å². The van der Waals surface area contributed by atoms with E-state index in [1.165, 1.54) is 5.56 Å². The zero-order valence-corrected chi connectivity index (χ0v) is 13.3. The van der Waals surface area contributed by atoms with E-state index in [1.807, 2.05) is 12.1 Å². The monoisotopic (exact) mass is 279 g/mol. The van der Waals surface area contributed by atoms with Crippen LogP contribution in [0.4, 0.5) is 0 Å². The molecule has 1 rings (SSSR count). The van der Waals surface area contributed by atoms with Crippen LogP contribution in [0.2, 0.25) is 0 Å². The van der Waals surface area contributed by atoms with E-state index < -0.39 is 5.60 Å². The highest BCUT2D eigenvalue weighted by Crippen LogP contribution is 2.22. The summed E-state index contributed by atoms with van der Waals surface area (Å²) in [6, 6.07) is 8.18. The lowest BCUT2D eigenvalue weighted by atomic mass is 9.99. The first-order valence-corrected chi connectivity index (χ1v) is 7.64. The molecule has 2 atom stereocenters. The minimum absolute atomic E-state index is 0.298. The summed E-state index contributed by atoms with van der Waals surface area (Å²) in [4.78, 5) is 0. The van der Waals surface area contributed by atoms with Gasteiger partial charge in [0.15, 0.2) is 0 Å². The van der Waals surface area contributed by atoms with Crippen LogP contribution >= 0.6 is 0 Å². The lowest BCUT2D eigenvalue weighted by Crippen LogP contribution is -2.43. The SMILES string of the molecule is CCCNCC(C)(O)COc1ccc(C(C)CC)cc1. The third kappa shape index (κ3) is 5.93. The highest BCUT2D eigenvalue weighted by atomic mass is 16.5. The molecule has 0 bridgehead atoms. The number of benzene rings is 1. The summed E-state index contributed by atoms with van der Waals surface area (Å²) in [7, 11) is 0. The second kappa shape index (κ2) is 8.28. The first-order chi connectivity index (χ1) is 9.48. The average molecular weight is 279 g/mol. The number of nitrogens with one attached hydrogen (secondary N) is 1. The molecule has 0 aliphatic rings. The normalized spacial score (nSPS) is 15.7. The smallest absolute Gasteiger partial charge is 0.119 e. The van der Waals surface area contributed by atoms with Gasteiger partial charge in [0, 0.05) is 6.54 Å². The largest absolute Gasteiger partial charge is 0.491 e. The molecule has 0 heterocycles. The quantitative estimate of drug-likeness (QED) is 0.681. The minimum Gasteiger partial charge on any atom is -0.491 e. The average Bonchev–Trinajstić information content (AvgIpc) is 2.45. The van der Waals surface area contributed by atoms with Gasteiger partial charge in [-0.2, -0.15) is 0 Å². The van der Waals surface area contributed by atoms with Crippen molar-refractivity contribution < 1.29 is 9.84 Å². The summed E-state index contributed by atoms with van der Waals surface area (Å²) in [6.07, 6.45) is 2.20. The molecule has 3 heteroatoms. The summed E-state index contributed by atoms with van der Waals surface area (Å²) in [6.45, 7) is 10.1. The summed E-state index contributed by atoms with van der Waals surface area (Å²) in [5.74, 6) is 1.39. The zero-order valence-electron chi connectivity index (χ0n) is 13.3. The van der Waals surface area contributed by atoms with E-state index in [1.54, 1.807) is 6.92 Å². The molecular formula is C17H29NO2. The van der Waals surface area contributed by atoms with E-state index in [2.05, 4.69) is 38.2 Å². The van der Waals surface area contributed by atoms with Crippen molar-refractivity contribution in [1.29, 1.82) is 0 Å². The van der Waals surface area contributed by atoms with Gasteiger partial charge in [-0.15, -0.1) is 0 Å². The highest BCUT2D eigenvalue weighted by molar-refractivity contribution is 5.29. The number of rotatable bonds is 9. The lowest BCUT2D eigenvalue weighted by molar-refractivity contribution is 0.0125. The Kier molecular flexibility index (Phi) is 7.03.